The number of benzene rings is 3. The maximum absolute atomic E-state index is 14.3. The first-order valence-electron chi connectivity index (χ1n) is 16.5. The van der Waals surface area contributed by atoms with E-state index >= 15 is 0 Å². The molecule has 0 aliphatic carbocycles. The first-order chi connectivity index (χ1) is 23.8. The molecule has 0 radical (unpaired) electrons. The zero-order valence-corrected chi connectivity index (χ0v) is 28.4. The monoisotopic (exact) mass is 687 g/mol. The zero-order valence-electron chi connectivity index (χ0n) is 28.4. The number of ether oxygens (including phenoxy) is 3. The van der Waals surface area contributed by atoms with Crippen LogP contribution < -0.4 is 14.8 Å². The molecule has 5 aromatic rings. The number of hydrogen-bond acceptors (Lipinski definition) is 7. The summed E-state index contributed by atoms with van der Waals surface area (Å²) in [5.74, 6) is -1.05. The molecule has 1 fully saturated rings. The number of amides is 1. The Balaban J connectivity index is 1.25. The average molecular weight is 688 g/mol. The molecule has 0 saturated carbocycles. The Morgan fingerprint density at radius 1 is 0.900 bits per heavy atom. The van der Waals surface area contributed by atoms with Crippen LogP contribution in [0, 0.1) is 5.92 Å². The number of nitrogens with one attached hydrogen (secondary N) is 1. The first kappa shape index (κ1) is 34.6. The van der Waals surface area contributed by atoms with Crippen LogP contribution in [0.1, 0.15) is 38.3 Å². The third-order valence-corrected chi connectivity index (χ3v) is 8.43. The van der Waals surface area contributed by atoms with Crippen molar-refractivity contribution in [1.29, 1.82) is 0 Å². The second kappa shape index (κ2) is 14.3. The van der Waals surface area contributed by atoms with Crippen LogP contribution in [0.4, 0.5) is 23.7 Å². The first-order valence-corrected chi connectivity index (χ1v) is 16.5. The fraction of sp³-hybridized carbons (Fsp3) is 0.342. The molecule has 262 valence electrons. The van der Waals surface area contributed by atoms with Gasteiger partial charge in [-0.1, -0.05) is 60.7 Å². The summed E-state index contributed by atoms with van der Waals surface area (Å²) in [5.41, 5.74) is 3.63. The van der Waals surface area contributed by atoms with Crippen LogP contribution in [-0.2, 0) is 25.0 Å². The summed E-state index contributed by atoms with van der Waals surface area (Å²) in [7, 11) is 1.78. The van der Waals surface area contributed by atoms with Gasteiger partial charge in [-0.25, -0.2) is 4.79 Å². The lowest BCUT2D eigenvalue weighted by atomic mass is 9.91. The molecule has 1 aliphatic heterocycles. The quantitative estimate of drug-likeness (QED) is 0.167. The van der Waals surface area contributed by atoms with E-state index in [1.165, 1.54) is 0 Å². The van der Waals surface area contributed by atoms with Gasteiger partial charge in [0.1, 0.15) is 24.5 Å². The fourth-order valence-electron chi connectivity index (χ4n) is 5.96. The number of pyridine rings is 1. The highest BCUT2D eigenvalue weighted by Gasteiger charge is 2.49. The van der Waals surface area contributed by atoms with Crippen molar-refractivity contribution >= 4 is 22.7 Å². The number of carbonyl (C=O) groups is 1. The lowest BCUT2D eigenvalue weighted by molar-refractivity contribution is -0.187. The van der Waals surface area contributed by atoms with Gasteiger partial charge in [-0.3, -0.25) is 4.68 Å². The summed E-state index contributed by atoms with van der Waals surface area (Å²) in [4.78, 5) is 18.4. The van der Waals surface area contributed by atoms with E-state index in [0.717, 1.165) is 21.4 Å². The van der Waals surface area contributed by atoms with E-state index in [4.69, 9.17) is 24.3 Å². The van der Waals surface area contributed by atoms with Crippen LogP contribution in [0.15, 0.2) is 91.0 Å². The Bertz CT molecular complexity index is 1930. The highest BCUT2D eigenvalue weighted by Crippen LogP contribution is 2.38. The maximum atomic E-state index is 14.3. The van der Waals surface area contributed by atoms with Crippen LogP contribution in [0.25, 0.3) is 22.2 Å². The number of aromatic nitrogens is 3. The minimum atomic E-state index is -4.53. The lowest BCUT2D eigenvalue weighted by Gasteiger charge is -2.40. The number of carbonyl (C=O) groups excluding carboxylic acids is 1. The molecule has 1 aliphatic rings. The van der Waals surface area contributed by atoms with Crippen molar-refractivity contribution in [3.63, 3.8) is 0 Å². The second-order valence-electron chi connectivity index (χ2n) is 13.4. The van der Waals surface area contributed by atoms with Gasteiger partial charge in [0.2, 0.25) is 11.8 Å². The molecule has 0 spiro atoms. The molecule has 0 bridgehead atoms. The van der Waals surface area contributed by atoms with Crippen molar-refractivity contribution in [3.05, 3.63) is 102 Å². The molecule has 3 aromatic carbocycles. The van der Waals surface area contributed by atoms with Gasteiger partial charge >= 0.3 is 12.3 Å². The van der Waals surface area contributed by atoms with Gasteiger partial charge in [-0.2, -0.15) is 23.3 Å². The van der Waals surface area contributed by atoms with Gasteiger partial charge in [0, 0.05) is 43.3 Å². The number of hydrogen-bond donors (Lipinski definition) is 1. The predicted octanol–water partition coefficient (Wildman–Crippen LogP) is 8.39. The minimum absolute atomic E-state index is 0.102. The normalized spacial score (nSPS) is 16.7. The molecule has 2 aromatic heterocycles. The predicted molar refractivity (Wildman–Crippen MR) is 185 cm³/mol. The van der Waals surface area contributed by atoms with E-state index in [1.807, 2.05) is 72.8 Å². The molecule has 12 heteroatoms. The molecule has 1 amide bonds. The molecule has 2 atom stereocenters. The molecule has 50 heavy (non-hydrogen) atoms. The van der Waals surface area contributed by atoms with Crippen LogP contribution in [-0.4, -0.2) is 56.7 Å². The molecule has 1 N–H and O–H groups in total. The van der Waals surface area contributed by atoms with Gasteiger partial charge < -0.3 is 24.4 Å². The zero-order chi connectivity index (χ0) is 35.5. The van der Waals surface area contributed by atoms with Gasteiger partial charge in [0.15, 0.2) is 0 Å². The molecular weight excluding hydrogens is 647 g/mol. The van der Waals surface area contributed by atoms with Crippen LogP contribution in [0.5, 0.6) is 11.8 Å². The standard InChI is InChI=1S/C38H40F3N5O4/c1-37(2,3)50-36(47)46-20-19-31(30(22-46)38(39,40)41)42-27-15-16-28-32(21-27)45(4)44-34(28)29-17-18-33(48-23-25-11-7-5-8-12-25)43-35(29)49-24-26-13-9-6-10-14-26/h5-18,21,30-31,42H,19-20,22-24H2,1-4H3. The van der Waals surface area contributed by atoms with Crippen LogP contribution in [0.2, 0.25) is 0 Å². The number of alkyl halides is 3. The number of aryl methyl sites for hydroxylation is 1. The third-order valence-electron chi connectivity index (χ3n) is 8.43. The molecule has 2 unspecified atom stereocenters. The van der Waals surface area contributed by atoms with Crippen LogP contribution >= 0.6 is 0 Å². The van der Waals surface area contributed by atoms with E-state index in [9.17, 15) is 18.0 Å². The Morgan fingerprint density at radius 3 is 2.20 bits per heavy atom. The molecule has 9 nitrogen and oxygen atoms in total. The topological polar surface area (TPSA) is 90.7 Å². The second-order valence-corrected chi connectivity index (χ2v) is 13.4. The van der Waals surface area contributed by atoms with Gasteiger partial charge in [0.25, 0.3) is 0 Å². The third kappa shape index (κ3) is 8.30. The number of likely N-dealkylation sites (tertiary alicyclic amines) is 1. The molecule has 1 saturated heterocycles. The highest BCUT2D eigenvalue weighted by atomic mass is 19.4. The number of piperidine rings is 1. The maximum Gasteiger partial charge on any atom is 0.410 e. The van der Waals surface area contributed by atoms with Crippen LogP contribution in [0.3, 0.4) is 0 Å². The van der Waals surface area contributed by atoms with E-state index in [-0.39, 0.29) is 19.6 Å². The number of nitrogens with zero attached hydrogens (tertiary/aromatic N) is 4. The molecule has 3 heterocycles. The average Bonchev–Trinajstić information content (AvgIpc) is 3.41. The van der Waals surface area contributed by atoms with Crippen molar-refractivity contribution in [2.45, 2.75) is 58.2 Å². The number of rotatable bonds is 9. The van der Waals surface area contributed by atoms with Gasteiger partial charge in [-0.05, 0) is 62.6 Å². The Hall–Kier alpha value is -5.26. The SMILES string of the molecule is Cn1nc(-c2ccc(OCc3ccccc3)nc2OCc2ccccc2)c2ccc(NC3CCN(C(=O)OC(C)(C)C)CC3C(F)(F)F)cc21. The van der Waals surface area contributed by atoms with Crippen molar-refractivity contribution in [2.24, 2.45) is 13.0 Å². The summed E-state index contributed by atoms with van der Waals surface area (Å²) < 4.78 is 62.1. The van der Waals surface area contributed by atoms with Gasteiger partial charge in [-0.15, -0.1) is 0 Å². The molecular formula is C38H40F3N5O4. The summed E-state index contributed by atoms with van der Waals surface area (Å²) in [6.45, 7) is 5.32. The van der Waals surface area contributed by atoms with Crippen molar-refractivity contribution in [2.75, 3.05) is 18.4 Å². The summed E-state index contributed by atoms with van der Waals surface area (Å²) in [6.07, 6.45) is -5.17. The number of fused-ring (bicyclic) bond motifs is 1. The van der Waals surface area contributed by atoms with Crippen molar-refractivity contribution < 1.29 is 32.2 Å². The number of halogens is 3. The summed E-state index contributed by atoms with van der Waals surface area (Å²) in [6, 6.07) is 27.6. The number of anilines is 1. The summed E-state index contributed by atoms with van der Waals surface area (Å²) in [5, 5.41) is 8.67. The van der Waals surface area contributed by atoms with Gasteiger partial charge in [0.05, 0.1) is 17.0 Å². The minimum Gasteiger partial charge on any atom is -0.473 e. The Morgan fingerprint density at radius 2 is 1.56 bits per heavy atom. The van der Waals surface area contributed by atoms with Crippen molar-refractivity contribution in [3.8, 4) is 23.0 Å². The van der Waals surface area contributed by atoms with E-state index < -0.39 is 36.4 Å². The highest BCUT2D eigenvalue weighted by molar-refractivity contribution is 5.96. The largest absolute Gasteiger partial charge is 0.473 e. The van der Waals surface area contributed by atoms with E-state index in [2.05, 4.69) is 5.32 Å². The summed E-state index contributed by atoms with van der Waals surface area (Å²) >= 11 is 0. The Labute approximate surface area is 289 Å². The van der Waals surface area contributed by atoms with E-state index in [0.29, 0.717) is 40.8 Å². The van der Waals surface area contributed by atoms with E-state index in [1.54, 1.807) is 50.7 Å². The van der Waals surface area contributed by atoms with Crippen molar-refractivity contribution in [1.82, 2.24) is 19.7 Å². The smallest absolute Gasteiger partial charge is 0.410 e. The molecule has 6 rings (SSSR count). The Kier molecular flexibility index (Phi) is 9.90. The fourth-order valence-corrected chi connectivity index (χ4v) is 5.96. The lowest BCUT2D eigenvalue weighted by Crippen LogP contribution is -2.54.